The van der Waals surface area contributed by atoms with E-state index in [4.69, 9.17) is 0 Å². The van der Waals surface area contributed by atoms with E-state index in [0.29, 0.717) is 0 Å². The molecular weight excluding hydrogens is 422 g/mol. The molecule has 2 heterocycles. The molecule has 9 rings (SSSR count). The number of benzene rings is 5. The Morgan fingerprint density at radius 2 is 1.26 bits per heavy atom. The van der Waals surface area contributed by atoms with Crippen LogP contribution in [0.25, 0.3) is 60.2 Å². The van der Waals surface area contributed by atoms with Crippen molar-refractivity contribution in [3.8, 4) is 22.3 Å². The Morgan fingerprint density at radius 1 is 0.514 bits per heavy atom. The first-order valence-corrected chi connectivity index (χ1v) is 12.5. The van der Waals surface area contributed by atoms with Gasteiger partial charge in [0, 0.05) is 27.7 Å². The summed E-state index contributed by atoms with van der Waals surface area (Å²) in [6, 6.07) is 36.4. The smallest absolute Gasteiger partial charge is 0.0616 e. The molecular formula is C34H21N. The number of pyridine rings is 1. The molecule has 0 amide bonds. The van der Waals surface area contributed by atoms with Gasteiger partial charge < -0.3 is 4.40 Å². The van der Waals surface area contributed by atoms with Crippen LogP contribution in [-0.4, -0.2) is 4.40 Å². The fraction of sp³-hybridized carbons (Fsp3) is 0.0588. The van der Waals surface area contributed by atoms with E-state index in [9.17, 15) is 0 Å². The predicted octanol–water partition coefficient (Wildman–Crippen LogP) is 8.54. The number of aromatic nitrogens is 1. The fourth-order valence-corrected chi connectivity index (χ4v) is 6.90. The molecule has 0 spiro atoms. The van der Waals surface area contributed by atoms with E-state index < -0.39 is 0 Å². The molecule has 2 aromatic heterocycles. The number of hydrogen-bond acceptors (Lipinski definition) is 0. The van der Waals surface area contributed by atoms with Gasteiger partial charge in [-0.25, -0.2) is 0 Å². The zero-order chi connectivity index (χ0) is 22.7. The molecule has 0 saturated heterocycles. The Balaban J connectivity index is 1.51. The maximum Gasteiger partial charge on any atom is 0.0616 e. The van der Waals surface area contributed by atoms with Crippen LogP contribution in [0.3, 0.4) is 0 Å². The van der Waals surface area contributed by atoms with Crippen LogP contribution in [0.1, 0.15) is 22.3 Å². The Hall–Kier alpha value is -4.36. The van der Waals surface area contributed by atoms with Gasteiger partial charge in [0.05, 0.1) is 11.0 Å². The monoisotopic (exact) mass is 443 g/mol. The molecule has 0 saturated carbocycles. The molecule has 35 heavy (non-hydrogen) atoms. The standard InChI is InChI=1S/C34H21N/c1-5-11-25-20(7-1)15-23-17-32-30(18-29(23)25)28-14-13-27-24-10-4-2-8-21(24)16-31(27)33(28)34-26-12-6-3-9-22(26)19-35(32)34/h1-14,17-19H,15-16H2. The average Bonchev–Trinajstić information content (AvgIpc) is 3.58. The van der Waals surface area contributed by atoms with Crippen LogP contribution in [-0.2, 0) is 12.8 Å². The molecule has 162 valence electrons. The van der Waals surface area contributed by atoms with Crippen LogP contribution in [0, 0.1) is 0 Å². The molecule has 7 aromatic rings. The summed E-state index contributed by atoms with van der Waals surface area (Å²) in [5.41, 5.74) is 14.0. The third-order valence-electron chi connectivity index (χ3n) is 8.41. The van der Waals surface area contributed by atoms with E-state index in [1.807, 2.05) is 0 Å². The molecule has 0 N–H and O–H groups in total. The van der Waals surface area contributed by atoms with Crippen molar-refractivity contribution >= 4 is 38.0 Å². The van der Waals surface area contributed by atoms with Crippen molar-refractivity contribution in [1.29, 1.82) is 0 Å². The van der Waals surface area contributed by atoms with Crippen molar-refractivity contribution in [2.45, 2.75) is 12.8 Å². The van der Waals surface area contributed by atoms with Gasteiger partial charge in [-0.15, -0.1) is 0 Å². The lowest BCUT2D eigenvalue weighted by atomic mass is 9.93. The highest BCUT2D eigenvalue weighted by Gasteiger charge is 2.25. The lowest BCUT2D eigenvalue weighted by molar-refractivity contribution is 1.24. The maximum absolute atomic E-state index is 2.48. The highest BCUT2D eigenvalue weighted by molar-refractivity contribution is 6.22. The molecule has 1 heteroatoms. The summed E-state index contributed by atoms with van der Waals surface area (Å²) in [6.45, 7) is 0. The Labute approximate surface area is 202 Å². The molecule has 2 aliphatic carbocycles. The maximum atomic E-state index is 2.48. The number of fused-ring (bicyclic) bond motifs is 15. The minimum absolute atomic E-state index is 0.997. The second kappa shape index (κ2) is 6.20. The highest BCUT2D eigenvalue weighted by Crippen LogP contribution is 2.47. The first-order chi connectivity index (χ1) is 17.3. The van der Waals surface area contributed by atoms with Gasteiger partial charge in [-0.3, -0.25) is 0 Å². The normalized spacial score (nSPS) is 13.5. The quantitative estimate of drug-likeness (QED) is 0.207. The van der Waals surface area contributed by atoms with Crippen LogP contribution in [0.5, 0.6) is 0 Å². The topological polar surface area (TPSA) is 4.41 Å². The molecule has 0 aliphatic heterocycles. The summed E-state index contributed by atoms with van der Waals surface area (Å²) in [6.07, 6.45) is 4.36. The number of hydrogen-bond donors (Lipinski definition) is 0. The minimum atomic E-state index is 0.997. The zero-order valence-corrected chi connectivity index (χ0v) is 19.2. The van der Waals surface area contributed by atoms with E-state index in [1.54, 1.807) is 0 Å². The second-order valence-corrected chi connectivity index (χ2v) is 10.1. The van der Waals surface area contributed by atoms with E-state index in [-0.39, 0.29) is 0 Å². The van der Waals surface area contributed by atoms with E-state index in [0.717, 1.165) is 12.8 Å². The van der Waals surface area contributed by atoms with Crippen molar-refractivity contribution in [1.82, 2.24) is 4.40 Å². The van der Waals surface area contributed by atoms with Gasteiger partial charge in [0.15, 0.2) is 0 Å². The van der Waals surface area contributed by atoms with Crippen molar-refractivity contribution < 1.29 is 0 Å². The zero-order valence-electron chi connectivity index (χ0n) is 19.2. The lowest BCUT2D eigenvalue weighted by Gasteiger charge is -2.15. The first-order valence-electron chi connectivity index (χ1n) is 12.5. The molecule has 5 aromatic carbocycles. The number of nitrogens with zero attached hydrogens (tertiary/aromatic N) is 1. The van der Waals surface area contributed by atoms with Crippen LogP contribution in [0.4, 0.5) is 0 Å². The number of rotatable bonds is 0. The first kappa shape index (κ1) is 18.0. The summed E-state index contributed by atoms with van der Waals surface area (Å²) >= 11 is 0. The second-order valence-electron chi connectivity index (χ2n) is 10.1. The predicted molar refractivity (Wildman–Crippen MR) is 146 cm³/mol. The summed E-state index contributed by atoms with van der Waals surface area (Å²) in [7, 11) is 0. The van der Waals surface area contributed by atoms with Crippen LogP contribution in [0.2, 0.25) is 0 Å². The third-order valence-corrected chi connectivity index (χ3v) is 8.41. The van der Waals surface area contributed by atoms with Gasteiger partial charge in [-0.1, -0.05) is 84.9 Å². The third kappa shape index (κ3) is 2.19. The highest BCUT2D eigenvalue weighted by atomic mass is 14.9. The summed E-state index contributed by atoms with van der Waals surface area (Å²) in [5.74, 6) is 0. The van der Waals surface area contributed by atoms with Crippen LogP contribution >= 0.6 is 0 Å². The molecule has 1 nitrogen and oxygen atoms in total. The molecule has 0 unspecified atom stereocenters. The van der Waals surface area contributed by atoms with Crippen molar-refractivity contribution in [2.75, 3.05) is 0 Å². The van der Waals surface area contributed by atoms with Crippen molar-refractivity contribution in [3.63, 3.8) is 0 Å². The van der Waals surface area contributed by atoms with E-state index in [1.165, 1.54) is 82.5 Å². The van der Waals surface area contributed by atoms with E-state index >= 15 is 0 Å². The average molecular weight is 444 g/mol. The molecule has 2 aliphatic rings. The summed E-state index contributed by atoms with van der Waals surface area (Å²) < 4.78 is 2.48. The van der Waals surface area contributed by atoms with Gasteiger partial charge in [-0.05, 0) is 74.9 Å². The van der Waals surface area contributed by atoms with Gasteiger partial charge in [0.1, 0.15) is 0 Å². The summed E-state index contributed by atoms with van der Waals surface area (Å²) in [5, 5.41) is 6.78. The SMILES string of the molecule is c1ccc2c(c1)Cc1cc3c(cc1-2)c1ccc2c(c1c1c4ccccc4cn31)Cc1ccccc1-2. The van der Waals surface area contributed by atoms with Gasteiger partial charge in [0.25, 0.3) is 0 Å². The van der Waals surface area contributed by atoms with Gasteiger partial charge in [0.2, 0.25) is 0 Å². The van der Waals surface area contributed by atoms with Gasteiger partial charge in [-0.2, -0.15) is 0 Å². The molecule has 0 radical (unpaired) electrons. The minimum Gasteiger partial charge on any atom is -0.315 e. The van der Waals surface area contributed by atoms with Gasteiger partial charge >= 0.3 is 0 Å². The summed E-state index contributed by atoms with van der Waals surface area (Å²) in [4.78, 5) is 0. The molecule has 0 atom stereocenters. The largest absolute Gasteiger partial charge is 0.315 e. The fourth-order valence-electron chi connectivity index (χ4n) is 6.90. The Morgan fingerprint density at radius 3 is 2.14 bits per heavy atom. The van der Waals surface area contributed by atoms with Crippen LogP contribution < -0.4 is 0 Å². The van der Waals surface area contributed by atoms with Crippen molar-refractivity contribution in [3.05, 3.63) is 126 Å². The van der Waals surface area contributed by atoms with Crippen LogP contribution in [0.15, 0.2) is 103 Å². The molecule has 0 bridgehead atoms. The Kier molecular flexibility index (Phi) is 3.19. The molecule has 0 fully saturated rings. The van der Waals surface area contributed by atoms with Crippen molar-refractivity contribution in [2.24, 2.45) is 0 Å². The lowest BCUT2D eigenvalue weighted by Crippen LogP contribution is -1.95. The van der Waals surface area contributed by atoms with E-state index in [2.05, 4.69) is 108 Å². The Bertz CT molecular complexity index is 2050.